The van der Waals surface area contributed by atoms with Crippen LogP contribution < -0.4 is 4.74 Å². The number of aliphatic hydroxyl groups excluding tert-OH is 1. The van der Waals surface area contributed by atoms with Gasteiger partial charge >= 0.3 is 0 Å². The number of aliphatic hydroxyl groups is 1. The monoisotopic (exact) mass is 302 g/mol. The Hall–Kier alpha value is -1.51. The van der Waals surface area contributed by atoms with Gasteiger partial charge in [0.05, 0.1) is 6.10 Å². The SMILES string of the molecule is CC1(C)Cc2cc(C(O)Cc3ccccc3Cl)ccc2O1. The zero-order valence-electron chi connectivity index (χ0n) is 12.3. The predicted molar refractivity (Wildman–Crippen MR) is 85.0 cm³/mol. The standard InChI is InChI=1S/C18H19ClO2/c1-18(2)11-14-9-13(7-8-17(14)21-18)16(20)10-12-5-3-4-6-15(12)19/h3-9,16,20H,10-11H2,1-2H3. The van der Waals surface area contributed by atoms with Crippen molar-refractivity contribution in [2.24, 2.45) is 0 Å². The molecule has 0 aromatic heterocycles. The summed E-state index contributed by atoms with van der Waals surface area (Å²) >= 11 is 6.16. The van der Waals surface area contributed by atoms with Crippen LogP contribution in [0.4, 0.5) is 0 Å². The van der Waals surface area contributed by atoms with Crippen LogP contribution in [0.1, 0.15) is 36.6 Å². The maximum Gasteiger partial charge on any atom is 0.123 e. The average Bonchev–Trinajstić information content (AvgIpc) is 2.74. The van der Waals surface area contributed by atoms with E-state index in [1.54, 1.807) is 0 Å². The number of rotatable bonds is 3. The Labute approximate surface area is 130 Å². The van der Waals surface area contributed by atoms with Gasteiger partial charge in [-0.15, -0.1) is 0 Å². The molecule has 21 heavy (non-hydrogen) atoms. The first-order chi connectivity index (χ1) is 9.94. The topological polar surface area (TPSA) is 29.5 Å². The smallest absolute Gasteiger partial charge is 0.123 e. The van der Waals surface area contributed by atoms with Gasteiger partial charge in [0.25, 0.3) is 0 Å². The summed E-state index contributed by atoms with van der Waals surface area (Å²) in [6, 6.07) is 13.6. The number of halogens is 1. The van der Waals surface area contributed by atoms with Gasteiger partial charge in [-0.1, -0.05) is 35.9 Å². The van der Waals surface area contributed by atoms with Crippen LogP contribution in [0.5, 0.6) is 5.75 Å². The molecule has 0 spiro atoms. The van der Waals surface area contributed by atoms with Crippen molar-refractivity contribution in [3.05, 3.63) is 64.2 Å². The minimum absolute atomic E-state index is 0.158. The van der Waals surface area contributed by atoms with Gasteiger partial charge in [0, 0.05) is 17.9 Å². The Morgan fingerprint density at radius 2 is 2.00 bits per heavy atom. The summed E-state index contributed by atoms with van der Waals surface area (Å²) in [5.41, 5.74) is 2.88. The number of ether oxygens (including phenoxy) is 1. The second-order valence-corrected chi connectivity index (χ2v) is 6.62. The molecule has 0 saturated heterocycles. The largest absolute Gasteiger partial charge is 0.487 e. The van der Waals surface area contributed by atoms with Crippen LogP contribution in [0.15, 0.2) is 42.5 Å². The fourth-order valence-electron chi connectivity index (χ4n) is 2.83. The summed E-state index contributed by atoms with van der Waals surface area (Å²) in [6.45, 7) is 4.15. The molecule has 1 heterocycles. The molecule has 0 fully saturated rings. The Balaban J connectivity index is 1.81. The highest BCUT2D eigenvalue weighted by Gasteiger charge is 2.30. The van der Waals surface area contributed by atoms with Gasteiger partial charge in [-0.05, 0) is 48.7 Å². The summed E-state index contributed by atoms with van der Waals surface area (Å²) in [4.78, 5) is 0. The van der Waals surface area contributed by atoms with Crippen molar-refractivity contribution in [3.63, 3.8) is 0 Å². The highest BCUT2D eigenvalue weighted by molar-refractivity contribution is 6.31. The zero-order valence-corrected chi connectivity index (χ0v) is 13.0. The maximum absolute atomic E-state index is 10.5. The molecule has 1 atom stereocenters. The van der Waals surface area contributed by atoms with Crippen molar-refractivity contribution in [1.29, 1.82) is 0 Å². The van der Waals surface area contributed by atoms with E-state index in [2.05, 4.69) is 13.8 Å². The summed E-state index contributed by atoms with van der Waals surface area (Å²) in [6.07, 6.45) is 0.830. The fraction of sp³-hybridized carbons (Fsp3) is 0.333. The lowest BCUT2D eigenvalue weighted by molar-refractivity contribution is 0.138. The van der Waals surface area contributed by atoms with E-state index in [9.17, 15) is 5.11 Å². The molecule has 2 aromatic rings. The fourth-order valence-corrected chi connectivity index (χ4v) is 3.04. The Kier molecular flexibility index (Phi) is 3.68. The minimum atomic E-state index is -0.557. The van der Waals surface area contributed by atoms with E-state index in [-0.39, 0.29) is 5.60 Å². The van der Waals surface area contributed by atoms with Crippen molar-refractivity contribution in [2.75, 3.05) is 0 Å². The molecule has 3 rings (SSSR count). The van der Waals surface area contributed by atoms with E-state index in [4.69, 9.17) is 16.3 Å². The van der Waals surface area contributed by atoms with Crippen LogP contribution in [-0.4, -0.2) is 10.7 Å². The van der Waals surface area contributed by atoms with Crippen LogP contribution in [0.3, 0.4) is 0 Å². The van der Waals surface area contributed by atoms with Crippen LogP contribution in [0, 0.1) is 0 Å². The molecule has 0 bridgehead atoms. The van der Waals surface area contributed by atoms with Crippen LogP contribution in [0.25, 0.3) is 0 Å². The third kappa shape index (κ3) is 3.07. The molecular formula is C18H19ClO2. The second-order valence-electron chi connectivity index (χ2n) is 6.22. The van der Waals surface area contributed by atoms with E-state index in [1.165, 1.54) is 0 Å². The van der Waals surface area contributed by atoms with Gasteiger partial charge in [0.1, 0.15) is 11.4 Å². The van der Waals surface area contributed by atoms with E-state index in [1.807, 2.05) is 42.5 Å². The highest BCUT2D eigenvalue weighted by atomic mass is 35.5. The van der Waals surface area contributed by atoms with Crippen LogP contribution >= 0.6 is 11.6 Å². The van der Waals surface area contributed by atoms with Gasteiger partial charge in [-0.2, -0.15) is 0 Å². The van der Waals surface area contributed by atoms with Crippen LogP contribution in [-0.2, 0) is 12.8 Å². The maximum atomic E-state index is 10.5. The highest BCUT2D eigenvalue weighted by Crippen LogP contribution is 2.36. The first kappa shape index (κ1) is 14.4. The Morgan fingerprint density at radius 3 is 2.76 bits per heavy atom. The van der Waals surface area contributed by atoms with Crippen molar-refractivity contribution in [1.82, 2.24) is 0 Å². The molecule has 3 heteroatoms. The van der Waals surface area contributed by atoms with Gasteiger partial charge in [0.2, 0.25) is 0 Å². The normalized spacial score (nSPS) is 17.1. The van der Waals surface area contributed by atoms with E-state index in [0.29, 0.717) is 11.4 Å². The molecule has 2 nitrogen and oxygen atoms in total. The van der Waals surface area contributed by atoms with Crippen molar-refractivity contribution < 1.29 is 9.84 Å². The number of hydrogen-bond donors (Lipinski definition) is 1. The molecule has 0 saturated carbocycles. The molecule has 110 valence electrons. The molecule has 1 unspecified atom stereocenters. The summed E-state index contributed by atoms with van der Waals surface area (Å²) in [5, 5.41) is 11.2. The summed E-state index contributed by atoms with van der Waals surface area (Å²) in [7, 11) is 0. The molecule has 1 aliphatic heterocycles. The van der Waals surface area contributed by atoms with E-state index < -0.39 is 6.10 Å². The average molecular weight is 303 g/mol. The van der Waals surface area contributed by atoms with Crippen molar-refractivity contribution in [3.8, 4) is 5.75 Å². The number of hydrogen-bond acceptors (Lipinski definition) is 2. The van der Waals surface area contributed by atoms with E-state index in [0.717, 1.165) is 28.9 Å². The van der Waals surface area contributed by atoms with Gasteiger partial charge in [0.15, 0.2) is 0 Å². The first-order valence-electron chi connectivity index (χ1n) is 7.18. The zero-order chi connectivity index (χ0) is 15.0. The molecule has 0 radical (unpaired) electrons. The first-order valence-corrected chi connectivity index (χ1v) is 7.56. The number of fused-ring (bicyclic) bond motifs is 1. The lowest BCUT2D eigenvalue weighted by atomic mass is 9.96. The molecule has 0 amide bonds. The van der Waals surface area contributed by atoms with Crippen molar-refractivity contribution >= 4 is 11.6 Å². The third-order valence-electron chi connectivity index (χ3n) is 3.84. The summed E-state index contributed by atoms with van der Waals surface area (Å²) < 4.78 is 5.86. The number of benzene rings is 2. The molecule has 1 aliphatic rings. The minimum Gasteiger partial charge on any atom is -0.487 e. The van der Waals surface area contributed by atoms with Gasteiger partial charge < -0.3 is 9.84 Å². The quantitative estimate of drug-likeness (QED) is 0.914. The third-order valence-corrected chi connectivity index (χ3v) is 4.21. The second kappa shape index (κ2) is 5.36. The Morgan fingerprint density at radius 1 is 1.24 bits per heavy atom. The van der Waals surface area contributed by atoms with E-state index >= 15 is 0 Å². The molecule has 0 aliphatic carbocycles. The summed E-state index contributed by atoms with van der Waals surface area (Å²) in [5.74, 6) is 0.925. The lowest BCUT2D eigenvalue weighted by Crippen LogP contribution is -2.24. The van der Waals surface area contributed by atoms with Gasteiger partial charge in [-0.25, -0.2) is 0 Å². The van der Waals surface area contributed by atoms with Crippen molar-refractivity contribution in [2.45, 2.75) is 38.4 Å². The van der Waals surface area contributed by atoms with Gasteiger partial charge in [-0.3, -0.25) is 0 Å². The lowest BCUT2D eigenvalue weighted by Gasteiger charge is -2.16. The Bertz CT molecular complexity index is 664. The molecule has 2 aromatic carbocycles. The van der Waals surface area contributed by atoms with Crippen LogP contribution in [0.2, 0.25) is 5.02 Å². The molecule has 1 N–H and O–H groups in total. The molecular weight excluding hydrogens is 284 g/mol. The predicted octanol–water partition coefficient (Wildman–Crippen LogP) is 4.33.